The lowest BCUT2D eigenvalue weighted by atomic mass is 10.2. The summed E-state index contributed by atoms with van der Waals surface area (Å²) in [7, 11) is 0. The summed E-state index contributed by atoms with van der Waals surface area (Å²) in [6.45, 7) is 1.91. The van der Waals surface area contributed by atoms with Gasteiger partial charge in [-0.25, -0.2) is 13.6 Å². The average molecular weight is 301 g/mol. The fourth-order valence-corrected chi connectivity index (χ4v) is 2.43. The maximum atomic E-state index is 14.2. The van der Waals surface area contributed by atoms with E-state index in [9.17, 15) is 13.6 Å². The first kappa shape index (κ1) is 14.3. The monoisotopic (exact) mass is 301 g/mol. The minimum Gasteiger partial charge on any atom is -0.461 e. The highest BCUT2D eigenvalue weighted by Crippen LogP contribution is 2.27. The Morgan fingerprint density at radius 3 is 2.64 bits per heavy atom. The van der Waals surface area contributed by atoms with Crippen molar-refractivity contribution in [1.82, 2.24) is 4.57 Å². The number of esters is 1. The maximum Gasteiger partial charge on any atom is 0.355 e. The number of ether oxygens (including phenoxy) is 1. The second-order valence-electron chi connectivity index (χ2n) is 4.74. The minimum absolute atomic E-state index is 0.102. The van der Waals surface area contributed by atoms with Crippen molar-refractivity contribution >= 4 is 16.9 Å². The van der Waals surface area contributed by atoms with Crippen LogP contribution < -0.4 is 0 Å². The molecule has 0 N–H and O–H groups in total. The quantitative estimate of drug-likeness (QED) is 0.682. The summed E-state index contributed by atoms with van der Waals surface area (Å²) in [6, 6.07) is 12.1. The van der Waals surface area contributed by atoms with Crippen molar-refractivity contribution in [1.29, 1.82) is 0 Å². The van der Waals surface area contributed by atoms with Crippen LogP contribution in [0.2, 0.25) is 0 Å². The minimum atomic E-state index is -0.744. The number of carbonyl (C=O) groups excluding carboxylic acids is 1. The van der Waals surface area contributed by atoms with Gasteiger partial charge in [-0.05, 0) is 31.2 Å². The van der Waals surface area contributed by atoms with Gasteiger partial charge in [-0.15, -0.1) is 0 Å². The Kier molecular flexibility index (Phi) is 3.63. The molecule has 3 nitrogen and oxygen atoms in total. The van der Waals surface area contributed by atoms with Crippen molar-refractivity contribution in [2.24, 2.45) is 0 Å². The first-order valence-corrected chi connectivity index (χ1v) is 6.85. The van der Waals surface area contributed by atoms with Crippen LogP contribution in [0.1, 0.15) is 17.4 Å². The van der Waals surface area contributed by atoms with E-state index < -0.39 is 17.6 Å². The van der Waals surface area contributed by atoms with Gasteiger partial charge in [0.15, 0.2) is 0 Å². The highest BCUT2D eigenvalue weighted by Gasteiger charge is 2.19. The Morgan fingerprint density at radius 1 is 1.14 bits per heavy atom. The van der Waals surface area contributed by atoms with E-state index in [0.717, 1.165) is 17.5 Å². The van der Waals surface area contributed by atoms with E-state index in [2.05, 4.69) is 0 Å². The van der Waals surface area contributed by atoms with Crippen LogP contribution in [-0.2, 0) is 4.74 Å². The lowest BCUT2D eigenvalue weighted by molar-refractivity contribution is 0.0517. The van der Waals surface area contributed by atoms with E-state index in [1.54, 1.807) is 25.1 Å². The Hall–Kier alpha value is -2.69. The standard InChI is InChI=1S/C17H13F2NO2/c1-2-22-17(21)16-9-11-5-3-4-6-14(11)20(16)15-8-7-12(18)10-13(15)19/h3-10H,2H2,1H3. The molecular formula is C17H13F2NO2. The van der Waals surface area contributed by atoms with E-state index in [-0.39, 0.29) is 18.0 Å². The second kappa shape index (κ2) is 5.60. The van der Waals surface area contributed by atoms with Gasteiger partial charge in [-0.3, -0.25) is 0 Å². The summed E-state index contributed by atoms with van der Waals surface area (Å²) in [4.78, 5) is 12.1. The molecule has 1 heterocycles. The third-order valence-corrected chi connectivity index (χ3v) is 3.35. The third kappa shape index (κ3) is 2.35. The van der Waals surface area contributed by atoms with Crippen LogP contribution in [0.25, 0.3) is 16.6 Å². The molecule has 0 aliphatic carbocycles. The van der Waals surface area contributed by atoms with Crippen LogP contribution in [0.15, 0.2) is 48.5 Å². The highest BCUT2D eigenvalue weighted by molar-refractivity contribution is 5.97. The zero-order valence-electron chi connectivity index (χ0n) is 11.8. The van der Waals surface area contributed by atoms with Crippen LogP contribution in [-0.4, -0.2) is 17.1 Å². The average Bonchev–Trinajstić information content (AvgIpc) is 2.87. The number of nitrogens with zero attached hydrogens (tertiary/aromatic N) is 1. The van der Waals surface area contributed by atoms with Gasteiger partial charge < -0.3 is 9.30 Å². The molecule has 3 aromatic rings. The predicted molar refractivity (Wildman–Crippen MR) is 79.1 cm³/mol. The smallest absolute Gasteiger partial charge is 0.355 e. The molecule has 1 aromatic heterocycles. The van der Waals surface area contributed by atoms with Crippen molar-refractivity contribution in [3.63, 3.8) is 0 Å². The Morgan fingerprint density at radius 2 is 1.91 bits per heavy atom. The number of carbonyl (C=O) groups is 1. The molecule has 0 spiro atoms. The summed E-state index contributed by atoms with van der Waals surface area (Å²) in [6.07, 6.45) is 0. The molecule has 0 saturated heterocycles. The molecule has 0 aliphatic heterocycles. The summed E-state index contributed by atoms with van der Waals surface area (Å²) < 4.78 is 33.8. The number of fused-ring (bicyclic) bond motifs is 1. The van der Waals surface area contributed by atoms with Crippen LogP contribution in [0.4, 0.5) is 8.78 Å². The molecule has 0 unspecified atom stereocenters. The van der Waals surface area contributed by atoms with E-state index >= 15 is 0 Å². The molecule has 5 heteroatoms. The summed E-state index contributed by atoms with van der Waals surface area (Å²) in [5.74, 6) is -1.97. The Bertz CT molecular complexity index is 855. The van der Waals surface area contributed by atoms with Crippen LogP contribution in [0.3, 0.4) is 0 Å². The number of hydrogen-bond donors (Lipinski definition) is 0. The molecule has 0 amide bonds. The van der Waals surface area contributed by atoms with Gasteiger partial charge in [0.25, 0.3) is 0 Å². The largest absolute Gasteiger partial charge is 0.461 e. The zero-order chi connectivity index (χ0) is 15.7. The molecule has 22 heavy (non-hydrogen) atoms. The molecule has 3 rings (SSSR count). The van der Waals surface area contributed by atoms with Gasteiger partial charge in [0.05, 0.1) is 17.8 Å². The molecule has 2 aromatic carbocycles. The van der Waals surface area contributed by atoms with E-state index in [4.69, 9.17) is 4.74 Å². The predicted octanol–water partition coefficient (Wildman–Crippen LogP) is 4.09. The molecule has 0 bridgehead atoms. The van der Waals surface area contributed by atoms with E-state index in [1.807, 2.05) is 12.1 Å². The van der Waals surface area contributed by atoms with E-state index in [0.29, 0.717) is 5.52 Å². The van der Waals surface area contributed by atoms with Gasteiger partial charge in [-0.1, -0.05) is 18.2 Å². The van der Waals surface area contributed by atoms with Crippen molar-refractivity contribution in [2.75, 3.05) is 6.61 Å². The van der Waals surface area contributed by atoms with Crippen LogP contribution >= 0.6 is 0 Å². The molecule has 0 atom stereocenters. The Labute approximate surface area is 125 Å². The van der Waals surface area contributed by atoms with Crippen LogP contribution in [0.5, 0.6) is 0 Å². The van der Waals surface area contributed by atoms with Gasteiger partial charge in [-0.2, -0.15) is 0 Å². The first-order valence-electron chi connectivity index (χ1n) is 6.85. The zero-order valence-corrected chi connectivity index (χ0v) is 11.8. The lowest BCUT2D eigenvalue weighted by Gasteiger charge is -2.11. The lowest BCUT2D eigenvalue weighted by Crippen LogP contribution is -2.12. The number of halogens is 2. The molecule has 0 radical (unpaired) electrons. The van der Waals surface area contributed by atoms with Crippen molar-refractivity contribution in [3.05, 3.63) is 65.9 Å². The molecule has 0 aliphatic rings. The first-order chi connectivity index (χ1) is 10.6. The van der Waals surface area contributed by atoms with Crippen molar-refractivity contribution in [3.8, 4) is 5.69 Å². The fraction of sp³-hybridized carbons (Fsp3) is 0.118. The summed E-state index contributed by atoms with van der Waals surface area (Å²) in [5.41, 5.74) is 0.954. The van der Waals surface area contributed by atoms with Crippen molar-refractivity contribution < 1.29 is 18.3 Å². The van der Waals surface area contributed by atoms with Crippen LogP contribution in [0, 0.1) is 11.6 Å². The normalized spacial score (nSPS) is 10.9. The molecule has 112 valence electrons. The maximum absolute atomic E-state index is 14.2. The highest BCUT2D eigenvalue weighted by atomic mass is 19.1. The second-order valence-corrected chi connectivity index (χ2v) is 4.74. The topological polar surface area (TPSA) is 31.2 Å². The van der Waals surface area contributed by atoms with Gasteiger partial charge in [0, 0.05) is 11.5 Å². The number of aromatic nitrogens is 1. The van der Waals surface area contributed by atoms with Crippen molar-refractivity contribution in [2.45, 2.75) is 6.92 Å². The number of benzene rings is 2. The summed E-state index contributed by atoms with van der Waals surface area (Å²) >= 11 is 0. The SMILES string of the molecule is CCOC(=O)c1cc2ccccc2n1-c1ccc(F)cc1F. The summed E-state index contributed by atoms with van der Waals surface area (Å²) in [5, 5.41) is 0.772. The third-order valence-electron chi connectivity index (χ3n) is 3.35. The molecular weight excluding hydrogens is 288 g/mol. The number of rotatable bonds is 3. The Balaban J connectivity index is 2.30. The molecule has 0 fully saturated rings. The van der Waals surface area contributed by atoms with Gasteiger partial charge in [0.1, 0.15) is 17.3 Å². The number of hydrogen-bond acceptors (Lipinski definition) is 2. The number of para-hydroxylation sites is 1. The van der Waals surface area contributed by atoms with E-state index in [1.165, 1.54) is 10.6 Å². The van der Waals surface area contributed by atoms with Gasteiger partial charge >= 0.3 is 5.97 Å². The molecule has 0 saturated carbocycles. The fourth-order valence-electron chi connectivity index (χ4n) is 2.43. The van der Waals surface area contributed by atoms with Gasteiger partial charge in [0.2, 0.25) is 0 Å².